The van der Waals surface area contributed by atoms with Crippen LogP contribution < -0.4 is 0 Å². The molecule has 0 radical (unpaired) electrons. The number of esters is 1. The molecule has 0 aliphatic rings. The lowest BCUT2D eigenvalue weighted by Gasteiger charge is -2.09. The molecule has 27 heavy (non-hydrogen) atoms. The number of carbonyl (C=O) groups excluding carboxylic acids is 1. The first-order chi connectivity index (χ1) is 12.8. The summed E-state index contributed by atoms with van der Waals surface area (Å²) < 4.78 is 45.4. The molecule has 2 heterocycles. The average Bonchev–Trinajstić information content (AvgIpc) is 3.25. The number of hydrogen-bond donors (Lipinski definition) is 0. The van der Waals surface area contributed by atoms with Crippen LogP contribution in [0.3, 0.4) is 0 Å². The topological polar surface area (TPSA) is 57.0 Å². The summed E-state index contributed by atoms with van der Waals surface area (Å²) in [6.45, 7) is 2.25. The number of rotatable bonds is 5. The van der Waals surface area contributed by atoms with Gasteiger partial charge in [-0.2, -0.15) is 18.3 Å². The first-order valence-electron chi connectivity index (χ1n) is 7.79. The third-order valence-corrected chi connectivity index (χ3v) is 4.72. The maximum absolute atomic E-state index is 13.0. The molecule has 0 aliphatic carbocycles. The molecule has 0 aliphatic heterocycles. The molecule has 0 fully saturated rings. The number of thiazole rings is 1. The SMILES string of the molecule is CCOC(=O)c1cnn(Cc2nc(-c3ccc(Cl)c(C(F)(F)F)c3)cs2)c1. The van der Waals surface area contributed by atoms with Gasteiger partial charge in [-0.1, -0.05) is 17.7 Å². The van der Waals surface area contributed by atoms with Gasteiger partial charge in [-0.05, 0) is 19.1 Å². The van der Waals surface area contributed by atoms with E-state index in [1.165, 1.54) is 40.5 Å². The van der Waals surface area contributed by atoms with Crippen LogP contribution >= 0.6 is 22.9 Å². The van der Waals surface area contributed by atoms with Crippen LogP contribution in [0, 0.1) is 0 Å². The first kappa shape index (κ1) is 19.4. The van der Waals surface area contributed by atoms with E-state index in [-0.39, 0.29) is 18.2 Å². The molecule has 10 heteroatoms. The predicted molar refractivity (Wildman–Crippen MR) is 94.8 cm³/mol. The summed E-state index contributed by atoms with van der Waals surface area (Å²) in [5, 5.41) is 6.01. The fourth-order valence-electron chi connectivity index (χ4n) is 2.33. The number of carbonyl (C=O) groups is 1. The Morgan fingerprint density at radius 3 is 2.85 bits per heavy atom. The molecule has 0 N–H and O–H groups in total. The standard InChI is InChI=1S/C17H13ClF3N3O2S/c1-2-26-16(25)11-6-22-24(7-11)8-15-23-14(9-27-15)10-3-4-13(18)12(5-10)17(19,20)21/h3-7,9H,2,8H2,1H3. The first-order valence-corrected chi connectivity index (χ1v) is 9.04. The maximum Gasteiger partial charge on any atom is 0.417 e. The Labute approximate surface area is 161 Å². The molecule has 2 aromatic heterocycles. The third-order valence-electron chi connectivity index (χ3n) is 3.56. The molecule has 0 saturated carbocycles. The predicted octanol–water partition coefficient (Wildman–Crippen LogP) is 4.90. The van der Waals surface area contributed by atoms with Crippen molar-refractivity contribution in [2.24, 2.45) is 0 Å². The van der Waals surface area contributed by atoms with Crippen molar-refractivity contribution < 1.29 is 22.7 Å². The largest absolute Gasteiger partial charge is 0.462 e. The van der Waals surface area contributed by atoms with E-state index < -0.39 is 17.7 Å². The summed E-state index contributed by atoms with van der Waals surface area (Å²) in [7, 11) is 0. The molecule has 3 aromatic rings. The fourth-order valence-corrected chi connectivity index (χ4v) is 3.35. The number of aromatic nitrogens is 3. The maximum atomic E-state index is 13.0. The molecular weight excluding hydrogens is 403 g/mol. The molecule has 3 rings (SSSR count). The van der Waals surface area contributed by atoms with Crippen molar-refractivity contribution in [2.75, 3.05) is 6.61 Å². The van der Waals surface area contributed by atoms with Crippen LogP contribution in [-0.4, -0.2) is 27.3 Å². The van der Waals surface area contributed by atoms with Gasteiger partial charge in [-0.3, -0.25) is 4.68 Å². The van der Waals surface area contributed by atoms with Gasteiger partial charge in [0.05, 0.1) is 41.2 Å². The Hall–Kier alpha value is -2.39. The van der Waals surface area contributed by atoms with Crippen LogP contribution in [0.1, 0.15) is 27.9 Å². The van der Waals surface area contributed by atoms with Crippen molar-refractivity contribution in [3.63, 3.8) is 0 Å². The van der Waals surface area contributed by atoms with E-state index in [1.807, 2.05) is 0 Å². The zero-order valence-corrected chi connectivity index (χ0v) is 15.5. The number of alkyl halides is 3. The summed E-state index contributed by atoms with van der Waals surface area (Å²) in [5.74, 6) is -0.468. The smallest absolute Gasteiger partial charge is 0.417 e. The van der Waals surface area contributed by atoms with E-state index in [0.717, 1.165) is 6.07 Å². The highest BCUT2D eigenvalue weighted by atomic mass is 35.5. The van der Waals surface area contributed by atoms with Gasteiger partial charge in [0.25, 0.3) is 0 Å². The van der Waals surface area contributed by atoms with Crippen LogP contribution in [0.2, 0.25) is 5.02 Å². The lowest BCUT2D eigenvalue weighted by Crippen LogP contribution is -2.06. The second kappa shape index (κ2) is 7.69. The summed E-state index contributed by atoms with van der Waals surface area (Å²) >= 11 is 6.93. The average molecular weight is 416 g/mol. The second-order valence-corrected chi connectivity index (χ2v) is 6.82. The minimum Gasteiger partial charge on any atom is -0.462 e. The number of halogens is 4. The molecule has 0 spiro atoms. The van der Waals surface area contributed by atoms with E-state index >= 15 is 0 Å². The van der Waals surface area contributed by atoms with E-state index in [9.17, 15) is 18.0 Å². The highest BCUT2D eigenvalue weighted by molar-refractivity contribution is 7.09. The van der Waals surface area contributed by atoms with Crippen LogP contribution in [0.15, 0.2) is 36.0 Å². The third kappa shape index (κ3) is 4.48. The van der Waals surface area contributed by atoms with Gasteiger partial charge in [0.1, 0.15) is 5.01 Å². The summed E-state index contributed by atoms with van der Waals surface area (Å²) in [5.41, 5.74) is 0.153. The van der Waals surface area contributed by atoms with E-state index in [1.54, 1.807) is 12.3 Å². The highest BCUT2D eigenvalue weighted by Crippen LogP contribution is 2.37. The van der Waals surface area contributed by atoms with Crippen LogP contribution in [0.4, 0.5) is 13.2 Å². The monoisotopic (exact) mass is 415 g/mol. The van der Waals surface area contributed by atoms with Crippen LogP contribution in [0.5, 0.6) is 0 Å². The van der Waals surface area contributed by atoms with Crippen molar-refractivity contribution >= 4 is 28.9 Å². The van der Waals surface area contributed by atoms with Gasteiger partial charge in [0, 0.05) is 17.1 Å². The highest BCUT2D eigenvalue weighted by Gasteiger charge is 2.33. The quantitative estimate of drug-likeness (QED) is 0.556. The van der Waals surface area contributed by atoms with Gasteiger partial charge in [0.15, 0.2) is 0 Å². The molecular formula is C17H13ClF3N3O2S. The summed E-state index contributed by atoms with van der Waals surface area (Å²) in [6, 6.07) is 3.68. The number of ether oxygens (including phenoxy) is 1. The Kier molecular flexibility index (Phi) is 5.52. The zero-order valence-electron chi connectivity index (χ0n) is 14.0. The molecule has 0 saturated heterocycles. The molecule has 0 amide bonds. The van der Waals surface area contributed by atoms with Gasteiger partial charge >= 0.3 is 12.1 Å². The van der Waals surface area contributed by atoms with Gasteiger partial charge < -0.3 is 4.74 Å². The molecule has 0 unspecified atom stereocenters. The summed E-state index contributed by atoms with van der Waals surface area (Å²) in [4.78, 5) is 16.0. The van der Waals surface area contributed by atoms with Gasteiger partial charge in [-0.15, -0.1) is 11.3 Å². The fraction of sp³-hybridized carbons (Fsp3) is 0.235. The minimum absolute atomic E-state index is 0.265. The molecule has 0 bridgehead atoms. The van der Waals surface area contributed by atoms with Crippen molar-refractivity contribution in [3.8, 4) is 11.3 Å². The van der Waals surface area contributed by atoms with Crippen molar-refractivity contribution in [1.82, 2.24) is 14.8 Å². The lowest BCUT2D eigenvalue weighted by molar-refractivity contribution is -0.137. The van der Waals surface area contributed by atoms with Crippen molar-refractivity contribution in [3.05, 3.63) is 57.1 Å². The van der Waals surface area contributed by atoms with Crippen molar-refractivity contribution in [1.29, 1.82) is 0 Å². The number of hydrogen-bond acceptors (Lipinski definition) is 5. The molecule has 0 atom stereocenters. The van der Waals surface area contributed by atoms with Crippen LogP contribution in [-0.2, 0) is 17.5 Å². The Balaban J connectivity index is 1.79. The van der Waals surface area contributed by atoms with Crippen LogP contribution in [0.25, 0.3) is 11.3 Å². The minimum atomic E-state index is -4.54. The Bertz CT molecular complexity index is 968. The lowest BCUT2D eigenvalue weighted by atomic mass is 10.1. The van der Waals surface area contributed by atoms with Gasteiger partial charge in [0.2, 0.25) is 0 Å². The van der Waals surface area contributed by atoms with E-state index in [0.29, 0.717) is 21.8 Å². The molecule has 142 valence electrons. The molecule has 5 nitrogen and oxygen atoms in total. The zero-order chi connectivity index (χ0) is 19.6. The van der Waals surface area contributed by atoms with Crippen molar-refractivity contribution in [2.45, 2.75) is 19.6 Å². The van der Waals surface area contributed by atoms with E-state index in [2.05, 4.69) is 10.1 Å². The van der Waals surface area contributed by atoms with Gasteiger partial charge in [-0.25, -0.2) is 9.78 Å². The number of benzene rings is 1. The normalized spacial score (nSPS) is 11.6. The summed E-state index contributed by atoms with van der Waals surface area (Å²) in [6.07, 6.45) is -1.62. The van der Waals surface area contributed by atoms with E-state index in [4.69, 9.17) is 16.3 Å². The molecule has 1 aromatic carbocycles. The Morgan fingerprint density at radius 2 is 2.15 bits per heavy atom. The Morgan fingerprint density at radius 1 is 1.37 bits per heavy atom. The number of nitrogens with zero attached hydrogens (tertiary/aromatic N) is 3. The second-order valence-electron chi connectivity index (χ2n) is 5.47.